The first-order valence-corrected chi connectivity index (χ1v) is 5.56. The van der Waals surface area contributed by atoms with Crippen molar-refractivity contribution >= 4 is 5.97 Å². The molecule has 1 N–H and O–H groups in total. The SMILES string of the molecule is Cc1noc(CN2CCC(C(=O)O)(C(F)(F)F)C2)n1. The molecule has 0 bridgehead atoms. The minimum atomic E-state index is -4.78. The van der Waals surface area contributed by atoms with E-state index in [9.17, 15) is 18.0 Å². The van der Waals surface area contributed by atoms with Gasteiger partial charge in [0.15, 0.2) is 11.2 Å². The fraction of sp³-hybridized carbons (Fsp3) is 0.700. The lowest BCUT2D eigenvalue weighted by Gasteiger charge is -2.27. The van der Waals surface area contributed by atoms with E-state index in [1.165, 1.54) is 4.90 Å². The maximum absolute atomic E-state index is 12.9. The summed E-state index contributed by atoms with van der Waals surface area (Å²) in [5.74, 6) is -1.28. The third-order valence-corrected chi connectivity index (χ3v) is 3.23. The van der Waals surface area contributed by atoms with Gasteiger partial charge in [0.2, 0.25) is 5.89 Å². The standard InChI is InChI=1S/C10H12F3N3O3/c1-6-14-7(19-15-6)4-16-3-2-9(5-16,8(17)18)10(11,12)13/h2-5H2,1H3,(H,17,18). The minimum absolute atomic E-state index is 0.0198. The number of carbonyl (C=O) groups is 1. The van der Waals surface area contributed by atoms with Crippen molar-refractivity contribution in [3.63, 3.8) is 0 Å². The van der Waals surface area contributed by atoms with Gasteiger partial charge in [0, 0.05) is 13.1 Å². The summed E-state index contributed by atoms with van der Waals surface area (Å²) in [5.41, 5.74) is -2.71. The molecule has 0 amide bonds. The Labute approximate surface area is 106 Å². The molecule has 0 radical (unpaired) electrons. The van der Waals surface area contributed by atoms with Crippen LogP contribution in [0.3, 0.4) is 0 Å². The van der Waals surface area contributed by atoms with Crippen LogP contribution in [0.15, 0.2) is 4.52 Å². The van der Waals surface area contributed by atoms with Crippen molar-refractivity contribution in [2.45, 2.75) is 26.1 Å². The number of aromatic nitrogens is 2. The Bertz CT molecular complexity index is 488. The van der Waals surface area contributed by atoms with Gasteiger partial charge in [0.25, 0.3) is 0 Å². The molecule has 1 aromatic rings. The molecule has 9 heteroatoms. The fourth-order valence-corrected chi connectivity index (χ4v) is 2.15. The van der Waals surface area contributed by atoms with Crippen molar-refractivity contribution in [3.8, 4) is 0 Å². The van der Waals surface area contributed by atoms with Crippen molar-refractivity contribution < 1.29 is 27.6 Å². The molecule has 1 aromatic heterocycles. The molecule has 0 saturated carbocycles. The number of aryl methyl sites for hydroxylation is 1. The first kappa shape index (κ1) is 13.8. The fourth-order valence-electron chi connectivity index (χ4n) is 2.15. The van der Waals surface area contributed by atoms with Crippen LogP contribution in [0.1, 0.15) is 18.1 Å². The minimum Gasteiger partial charge on any atom is -0.481 e. The topological polar surface area (TPSA) is 79.5 Å². The molecular weight excluding hydrogens is 267 g/mol. The van der Waals surface area contributed by atoms with E-state index in [0.717, 1.165) is 0 Å². The number of halogens is 3. The highest BCUT2D eigenvalue weighted by Gasteiger charge is 2.63. The highest BCUT2D eigenvalue weighted by Crippen LogP contribution is 2.45. The van der Waals surface area contributed by atoms with Gasteiger partial charge in [-0.05, 0) is 13.3 Å². The van der Waals surface area contributed by atoms with Crippen LogP contribution in [0.25, 0.3) is 0 Å². The lowest BCUT2D eigenvalue weighted by atomic mass is 9.86. The third kappa shape index (κ3) is 2.42. The molecule has 106 valence electrons. The number of aliphatic carboxylic acids is 1. The molecule has 1 fully saturated rings. The van der Waals surface area contributed by atoms with Crippen molar-refractivity contribution in [3.05, 3.63) is 11.7 Å². The summed E-state index contributed by atoms with van der Waals surface area (Å²) in [5, 5.41) is 12.4. The van der Waals surface area contributed by atoms with Crippen LogP contribution in [0, 0.1) is 12.3 Å². The van der Waals surface area contributed by atoms with Crippen molar-refractivity contribution in [1.82, 2.24) is 15.0 Å². The third-order valence-electron chi connectivity index (χ3n) is 3.23. The summed E-state index contributed by atoms with van der Waals surface area (Å²) in [6.07, 6.45) is -5.25. The first-order valence-electron chi connectivity index (χ1n) is 5.56. The van der Waals surface area contributed by atoms with Gasteiger partial charge in [-0.15, -0.1) is 0 Å². The molecule has 2 rings (SSSR count). The average Bonchev–Trinajstić information content (AvgIpc) is 2.85. The van der Waals surface area contributed by atoms with E-state index in [0.29, 0.717) is 5.82 Å². The van der Waals surface area contributed by atoms with E-state index >= 15 is 0 Å². The maximum atomic E-state index is 12.9. The second kappa shape index (κ2) is 4.48. The maximum Gasteiger partial charge on any atom is 0.406 e. The molecule has 2 heterocycles. The van der Waals surface area contributed by atoms with Gasteiger partial charge in [0.1, 0.15) is 0 Å². The van der Waals surface area contributed by atoms with Gasteiger partial charge in [-0.3, -0.25) is 9.69 Å². The number of carboxylic acid groups (broad SMARTS) is 1. The Balaban J connectivity index is 2.11. The lowest BCUT2D eigenvalue weighted by molar-refractivity contribution is -0.227. The predicted molar refractivity (Wildman–Crippen MR) is 55.1 cm³/mol. The second-order valence-electron chi connectivity index (χ2n) is 4.58. The summed E-state index contributed by atoms with van der Waals surface area (Å²) in [6.45, 7) is 1.03. The van der Waals surface area contributed by atoms with Crippen molar-refractivity contribution in [1.29, 1.82) is 0 Å². The molecule has 1 atom stereocenters. The quantitative estimate of drug-likeness (QED) is 0.896. The lowest BCUT2D eigenvalue weighted by Crippen LogP contribution is -2.47. The summed E-state index contributed by atoms with van der Waals surface area (Å²) in [6, 6.07) is 0. The van der Waals surface area contributed by atoms with Gasteiger partial charge in [-0.25, -0.2) is 0 Å². The Morgan fingerprint density at radius 2 is 2.26 bits per heavy atom. The number of hydrogen-bond donors (Lipinski definition) is 1. The Kier molecular flexibility index (Phi) is 3.25. The van der Waals surface area contributed by atoms with E-state index in [1.54, 1.807) is 6.92 Å². The highest BCUT2D eigenvalue weighted by atomic mass is 19.4. The number of alkyl halides is 3. The zero-order valence-corrected chi connectivity index (χ0v) is 10.1. The normalized spacial score (nSPS) is 24.8. The second-order valence-corrected chi connectivity index (χ2v) is 4.58. The van der Waals surface area contributed by atoms with Gasteiger partial charge in [-0.1, -0.05) is 5.16 Å². The van der Waals surface area contributed by atoms with Gasteiger partial charge < -0.3 is 9.63 Å². The molecule has 19 heavy (non-hydrogen) atoms. The van der Waals surface area contributed by atoms with Crippen LogP contribution >= 0.6 is 0 Å². The number of carboxylic acids is 1. The first-order chi connectivity index (χ1) is 8.74. The highest BCUT2D eigenvalue weighted by molar-refractivity contribution is 5.76. The van der Waals surface area contributed by atoms with Crippen LogP contribution in [0.5, 0.6) is 0 Å². The molecule has 6 nitrogen and oxygen atoms in total. The molecule has 1 saturated heterocycles. The molecule has 1 aliphatic heterocycles. The summed E-state index contributed by atoms with van der Waals surface area (Å²) >= 11 is 0. The van der Waals surface area contributed by atoms with E-state index in [4.69, 9.17) is 9.63 Å². The average molecular weight is 279 g/mol. The van der Waals surface area contributed by atoms with Gasteiger partial charge in [0.05, 0.1) is 6.54 Å². The Morgan fingerprint density at radius 3 is 2.68 bits per heavy atom. The summed E-state index contributed by atoms with van der Waals surface area (Å²) < 4.78 is 43.6. The number of rotatable bonds is 3. The van der Waals surface area contributed by atoms with Crippen molar-refractivity contribution in [2.24, 2.45) is 5.41 Å². The van der Waals surface area contributed by atoms with E-state index < -0.39 is 30.5 Å². The smallest absolute Gasteiger partial charge is 0.406 e. The Hall–Kier alpha value is -1.64. The van der Waals surface area contributed by atoms with Gasteiger partial charge in [-0.2, -0.15) is 18.2 Å². The van der Waals surface area contributed by atoms with E-state index in [2.05, 4.69) is 10.1 Å². The van der Waals surface area contributed by atoms with Crippen LogP contribution < -0.4 is 0 Å². The summed E-state index contributed by atoms with van der Waals surface area (Å²) in [4.78, 5) is 16.2. The van der Waals surface area contributed by atoms with Crippen LogP contribution in [0.2, 0.25) is 0 Å². The van der Waals surface area contributed by atoms with Crippen molar-refractivity contribution in [2.75, 3.05) is 13.1 Å². The monoisotopic (exact) mass is 279 g/mol. The van der Waals surface area contributed by atoms with E-state index in [1.807, 2.05) is 0 Å². The number of likely N-dealkylation sites (tertiary alicyclic amines) is 1. The largest absolute Gasteiger partial charge is 0.481 e. The molecular formula is C10H12F3N3O3. The zero-order chi connectivity index (χ0) is 14.3. The molecule has 1 aliphatic rings. The van der Waals surface area contributed by atoms with Crippen LogP contribution in [-0.2, 0) is 11.3 Å². The Morgan fingerprint density at radius 1 is 1.58 bits per heavy atom. The van der Waals surface area contributed by atoms with E-state index in [-0.39, 0.29) is 19.0 Å². The predicted octanol–water partition coefficient (Wildman–Crippen LogP) is 1.22. The van der Waals surface area contributed by atoms with Crippen LogP contribution in [-0.4, -0.2) is 45.4 Å². The molecule has 1 unspecified atom stereocenters. The molecule has 0 aromatic carbocycles. The number of hydrogen-bond acceptors (Lipinski definition) is 5. The number of nitrogens with zero attached hydrogens (tertiary/aromatic N) is 3. The van der Waals surface area contributed by atoms with Gasteiger partial charge >= 0.3 is 12.1 Å². The zero-order valence-electron chi connectivity index (χ0n) is 10.1. The van der Waals surface area contributed by atoms with Crippen LogP contribution in [0.4, 0.5) is 13.2 Å². The molecule has 0 aliphatic carbocycles. The molecule has 0 spiro atoms. The summed E-state index contributed by atoms with van der Waals surface area (Å²) in [7, 11) is 0.